The van der Waals surface area contributed by atoms with Crippen LogP contribution in [0.25, 0.3) is 0 Å². The summed E-state index contributed by atoms with van der Waals surface area (Å²) in [7, 11) is 0. The second kappa shape index (κ2) is 2.73. The molecule has 0 heterocycles. The maximum Gasteiger partial charge on any atom is 0.166 e. The molecule has 0 atom stereocenters. The van der Waals surface area contributed by atoms with E-state index in [0.717, 1.165) is 34.9 Å². The third-order valence-corrected chi connectivity index (χ3v) is 2.98. The Morgan fingerprint density at radius 1 is 1.33 bits per heavy atom. The molecule has 3 heteroatoms. The van der Waals surface area contributed by atoms with Crippen molar-refractivity contribution in [2.45, 2.75) is 19.3 Å². The number of benzene rings is 1. The van der Waals surface area contributed by atoms with E-state index in [1.54, 1.807) is 0 Å². The molecule has 0 bridgehead atoms. The molecule has 0 saturated heterocycles. The average Bonchev–Trinajstić information content (AvgIpc) is 2.48. The van der Waals surface area contributed by atoms with Crippen LogP contribution in [0.2, 0.25) is 0 Å². The van der Waals surface area contributed by atoms with Crippen molar-refractivity contribution in [1.82, 2.24) is 0 Å². The van der Waals surface area contributed by atoms with Crippen LogP contribution in [0.15, 0.2) is 10.5 Å². The number of hydrogen-bond acceptors (Lipinski definition) is 1. The van der Waals surface area contributed by atoms with Gasteiger partial charge in [-0.1, -0.05) is 15.9 Å². The van der Waals surface area contributed by atoms with Crippen molar-refractivity contribution in [1.29, 1.82) is 0 Å². The van der Waals surface area contributed by atoms with Crippen molar-refractivity contribution in [2.24, 2.45) is 0 Å². The molecule has 1 aromatic carbocycles. The van der Waals surface area contributed by atoms with E-state index in [4.69, 9.17) is 0 Å². The first-order valence-corrected chi connectivity index (χ1v) is 4.68. The normalized spacial score (nSPS) is 14.8. The molecule has 0 unspecified atom stereocenters. The molecule has 1 aliphatic carbocycles. The van der Waals surface area contributed by atoms with E-state index in [0.29, 0.717) is 0 Å². The third-order valence-electron chi connectivity index (χ3n) is 2.27. The Morgan fingerprint density at radius 2 is 2.00 bits per heavy atom. The second-order valence-electron chi connectivity index (χ2n) is 3.00. The zero-order valence-corrected chi connectivity index (χ0v) is 7.99. The van der Waals surface area contributed by atoms with Crippen molar-refractivity contribution < 1.29 is 9.50 Å². The molecule has 64 valence electrons. The summed E-state index contributed by atoms with van der Waals surface area (Å²) in [6, 6.07) is 1.33. The first kappa shape index (κ1) is 8.05. The summed E-state index contributed by atoms with van der Waals surface area (Å²) in [5.74, 6) is -0.687. The molecule has 0 saturated carbocycles. The van der Waals surface area contributed by atoms with Gasteiger partial charge in [0.1, 0.15) is 0 Å². The minimum atomic E-state index is -0.525. The maximum absolute atomic E-state index is 13.0. The SMILES string of the molecule is Oc1c(F)cc(Br)c2c1CCC2. The predicted octanol–water partition coefficient (Wildman–Crippen LogP) is 2.78. The Hall–Kier alpha value is -0.570. The maximum atomic E-state index is 13.0. The topological polar surface area (TPSA) is 20.2 Å². The lowest BCUT2D eigenvalue weighted by atomic mass is 10.1. The minimum absolute atomic E-state index is 0.161. The molecular formula is C9H8BrFO. The molecule has 0 fully saturated rings. The Labute approximate surface area is 78.3 Å². The molecule has 0 aromatic heterocycles. The molecule has 1 aromatic rings. The highest BCUT2D eigenvalue weighted by molar-refractivity contribution is 9.10. The molecule has 0 spiro atoms. The number of aromatic hydroxyl groups is 1. The fraction of sp³-hybridized carbons (Fsp3) is 0.333. The zero-order valence-electron chi connectivity index (χ0n) is 6.40. The third kappa shape index (κ3) is 1.04. The number of hydrogen-bond donors (Lipinski definition) is 1. The van der Waals surface area contributed by atoms with E-state index >= 15 is 0 Å². The highest BCUT2D eigenvalue weighted by Gasteiger charge is 2.20. The molecule has 1 N–H and O–H groups in total. The summed E-state index contributed by atoms with van der Waals surface area (Å²) in [6.45, 7) is 0. The molecule has 0 amide bonds. The first-order chi connectivity index (χ1) is 5.70. The van der Waals surface area contributed by atoms with E-state index in [-0.39, 0.29) is 5.75 Å². The van der Waals surface area contributed by atoms with Gasteiger partial charge in [-0.3, -0.25) is 0 Å². The van der Waals surface area contributed by atoms with Crippen molar-refractivity contribution in [2.75, 3.05) is 0 Å². The number of rotatable bonds is 0. The van der Waals surface area contributed by atoms with Gasteiger partial charge in [-0.15, -0.1) is 0 Å². The summed E-state index contributed by atoms with van der Waals surface area (Å²) in [4.78, 5) is 0. The Morgan fingerprint density at radius 3 is 2.75 bits per heavy atom. The highest BCUT2D eigenvalue weighted by Crippen LogP contribution is 2.36. The van der Waals surface area contributed by atoms with Gasteiger partial charge in [0, 0.05) is 10.0 Å². The molecule has 1 aliphatic rings. The summed E-state index contributed by atoms with van der Waals surface area (Å²) in [6.07, 6.45) is 2.73. The van der Waals surface area contributed by atoms with Crippen LogP contribution in [0.3, 0.4) is 0 Å². The standard InChI is InChI=1S/C9H8BrFO/c10-7-4-8(11)9(12)6-3-1-2-5(6)7/h4,12H,1-3H2. The second-order valence-corrected chi connectivity index (χ2v) is 3.85. The van der Waals surface area contributed by atoms with Gasteiger partial charge >= 0.3 is 0 Å². The van der Waals surface area contributed by atoms with E-state index in [2.05, 4.69) is 15.9 Å². The molecule has 0 radical (unpaired) electrons. The Bertz CT molecular complexity index is 336. The Kier molecular flexibility index (Phi) is 1.83. The molecule has 0 aliphatic heterocycles. The van der Waals surface area contributed by atoms with Crippen molar-refractivity contribution in [3.05, 3.63) is 27.5 Å². The van der Waals surface area contributed by atoms with Crippen LogP contribution in [0.1, 0.15) is 17.5 Å². The van der Waals surface area contributed by atoms with Gasteiger partial charge in [0.2, 0.25) is 0 Å². The average molecular weight is 231 g/mol. The summed E-state index contributed by atoms with van der Waals surface area (Å²) in [5, 5.41) is 9.35. The van der Waals surface area contributed by atoms with Crippen LogP contribution in [-0.4, -0.2) is 5.11 Å². The lowest BCUT2D eigenvalue weighted by Gasteiger charge is -2.05. The van der Waals surface area contributed by atoms with Gasteiger partial charge in [0.15, 0.2) is 11.6 Å². The lowest BCUT2D eigenvalue weighted by molar-refractivity contribution is 0.426. The summed E-state index contributed by atoms with van der Waals surface area (Å²) in [5.41, 5.74) is 1.84. The largest absolute Gasteiger partial charge is 0.505 e. The van der Waals surface area contributed by atoms with Gasteiger partial charge in [0.25, 0.3) is 0 Å². The van der Waals surface area contributed by atoms with E-state index in [1.165, 1.54) is 6.07 Å². The van der Waals surface area contributed by atoms with E-state index < -0.39 is 5.82 Å². The summed E-state index contributed by atoms with van der Waals surface area (Å²) >= 11 is 3.28. The monoisotopic (exact) mass is 230 g/mol. The number of halogens is 2. The smallest absolute Gasteiger partial charge is 0.166 e. The van der Waals surface area contributed by atoms with Crippen molar-refractivity contribution in [3.63, 3.8) is 0 Å². The van der Waals surface area contributed by atoms with Gasteiger partial charge in [0.05, 0.1) is 0 Å². The van der Waals surface area contributed by atoms with Crippen molar-refractivity contribution >= 4 is 15.9 Å². The number of phenols is 1. The molecule has 1 nitrogen and oxygen atoms in total. The fourth-order valence-electron chi connectivity index (χ4n) is 1.68. The number of phenolic OH excluding ortho intramolecular Hbond substituents is 1. The van der Waals surface area contributed by atoms with Crippen LogP contribution in [0.5, 0.6) is 5.75 Å². The van der Waals surface area contributed by atoms with Crippen LogP contribution in [0.4, 0.5) is 4.39 Å². The van der Waals surface area contributed by atoms with Crippen LogP contribution in [-0.2, 0) is 12.8 Å². The molecular weight excluding hydrogens is 223 g/mol. The van der Waals surface area contributed by atoms with E-state index in [9.17, 15) is 9.50 Å². The van der Waals surface area contributed by atoms with Gasteiger partial charge in [-0.2, -0.15) is 0 Å². The molecule has 2 rings (SSSR count). The van der Waals surface area contributed by atoms with Gasteiger partial charge < -0.3 is 5.11 Å². The van der Waals surface area contributed by atoms with Crippen LogP contribution >= 0.6 is 15.9 Å². The summed E-state index contributed by atoms with van der Waals surface area (Å²) < 4.78 is 13.7. The Balaban J connectivity index is 2.69. The van der Waals surface area contributed by atoms with Gasteiger partial charge in [-0.05, 0) is 30.9 Å². The minimum Gasteiger partial charge on any atom is -0.505 e. The predicted molar refractivity (Wildman–Crippen MR) is 47.8 cm³/mol. The highest BCUT2D eigenvalue weighted by atomic mass is 79.9. The molecule has 12 heavy (non-hydrogen) atoms. The van der Waals surface area contributed by atoms with Gasteiger partial charge in [-0.25, -0.2) is 4.39 Å². The van der Waals surface area contributed by atoms with E-state index in [1.807, 2.05) is 0 Å². The van der Waals surface area contributed by atoms with Crippen molar-refractivity contribution in [3.8, 4) is 5.75 Å². The first-order valence-electron chi connectivity index (χ1n) is 3.89. The van der Waals surface area contributed by atoms with Crippen LogP contribution in [0, 0.1) is 5.82 Å². The zero-order chi connectivity index (χ0) is 8.72. The number of fused-ring (bicyclic) bond motifs is 1. The van der Waals surface area contributed by atoms with Crippen LogP contribution < -0.4 is 0 Å². The lowest BCUT2D eigenvalue weighted by Crippen LogP contribution is -1.88. The fourth-order valence-corrected chi connectivity index (χ4v) is 2.32. The quantitative estimate of drug-likeness (QED) is 0.727.